The summed E-state index contributed by atoms with van der Waals surface area (Å²) in [6.07, 6.45) is -5.94. The van der Waals surface area contributed by atoms with Crippen LogP contribution in [0, 0.1) is 0 Å². The predicted octanol–water partition coefficient (Wildman–Crippen LogP) is 4.31. The van der Waals surface area contributed by atoms with Crippen molar-refractivity contribution >= 4 is 29.2 Å². The second-order valence-corrected chi connectivity index (χ2v) is 5.84. The third-order valence-electron chi connectivity index (χ3n) is 3.34. The number of hydrogen-bond donors (Lipinski definition) is 1. The molecule has 9 heteroatoms. The smallest absolute Gasteiger partial charge is 0.418 e. The van der Waals surface area contributed by atoms with Gasteiger partial charge >= 0.3 is 12.1 Å². The molecule has 1 unspecified atom stereocenters. The minimum absolute atomic E-state index is 0.368. The summed E-state index contributed by atoms with van der Waals surface area (Å²) in [7, 11) is 0. The van der Waals surface area contributed by atoms with Crippen molar-refractivity contribution in [2.45, 2.75) is 19.2 Å². The maximum atomic E-state index is 12.9. The molecular weight excluding hydrogens is 387 g/mol. The number of amides is 1. The summed E-state index contributed by atoms with van der Waals surface area (Å²) in [5.74, 6) is -1.38. The Hall–Kier alpha value is -2.74. The molecule has 144 valence electrons. The molecule has 0 bridgehead atoms. The molecule has 1 amide bonds. The Morgan fingerprint density at radius 3 is 2.37 bits per heavy atom. The summed E-state index contributed by atoms with van der Waals surface area (Å²) in [6.45, 7) is 0.768. The van der Waals surface area contributed by atoms with Gasteiger partial charge in [-0.3, -0.25) is 4.79 Å². The molecule has 5 nitrogen and oxygen atoms in total. The van der Waals surface area contributed by atoms with Crippen molar-refractivity contribution in [2.75, 3.05) is 11.9 Å². The number of nitrogens with one attached hydrogen (secondary N) is 1. The molecule has 1 atom stereocenters. The minimum atomic E-state index is -4.63. The number of carbonyl (C=O) groups excluding carboxylic acids is 2. The molecule has 27 heavy (non-hydrogen) atoms. The Morgan fingerprint density at radius 1 is 1.11 bits per heavy atom. The van der Waals surface area contributed by atoms with Crippen molar-refractivity contribution in [3.05, 3.63) is 59.1 Å². The van der Waals surface area contributed by atoms with Crippen molar-refractivity contribution in [3.63, 3.8) is 0 Å². The average molecular weight is 402 g/mol. The molecule has 2 rings (SSSR count). The maximum Gasteiger partial charge on any atom is 0.418 e. The fourth-order valence-electron chi connectivity index (χ4n) is 2.03. The zero-order valence-corrected chi connectivity index (χ0v) is 14.8. The summed E-state index contributed by atoms with van der Waals surface area (Å²) >= 11 is 5.72. The van der Waals surface area contributed by atoms with Gasteiger partial charge in [0.05, 0.1) is 11.3 Å². The number of hydrogen-bond acceptors (Lipinski definition) is 4. The fourth-order valence-corrected chi connectivity index (χ4v) is 2.16. The van der Waals surface area contributed by atoms with Crippen LogP contribution in [0.1, 0.15) is 12.5 Å². The first-order valence-corrected chi connectivity index (χ1v) is 8.09. The third-order valence-corrected chi connectivity index (χ3v) is 3.59. The highest BCUT2D eigenvalue weighted by Gasteiger charge is 2.34. The largest absolute Gasteiger partial charge is 0.482 e. The summed E-state index contributed by atoms with van der Waals surface area (Å²) in [5, 5.41) is 2.61. The average Bonchev–Trinajstić information content (AvgIpc) is 2.60. The maximum absolute atomic E-state index is 12.9. The van der Waals surface area contributed by atoms with Gasteiger partial charge in [-0.05, 0) is 43.3 Å². The van der Waals surface area contributed by atoms with E-state index in [1.807, 2.05) is 0 Å². The third kappa shape index (κ3) is 6.18. The van der Waals surface area contributed by atoms with E-state index in [1.165, 1.54) is 19.1 Å². The van der Waals surface area contributed by atoms with Gasteiger partial charge < -0.3 is 14.8 Å². The van der Waals surface area contributed by atoms with Gasteiger partial charge in [-0.25, -0.2) is 4.79 Å². The lowest BCUT2D eigenvalue weighted by molar-refractivity contribution is -0.155. The molecule has 2 aromatic rings. The van der Waals surface area contributed by atoms with E-state index in [4.69, 9.17) is 21.1 Å². The Balaban J connectivity index is 1.90. The molecule has 0 spiro atoms. The first-order valence-electron chi connectivity index (χ1n) is 7.72. The number of alkyl halides is 3. The summed E-state index contributed by atoms with van der Waals surface area (Å²) in [5.41, 5.74) is -1.42. The highest BCUT2D eigenvalue weighted by Crippen LogP contribution is 2.34. The monoisotopic (exact) mass is 401 g/mol. The van der Waals surface area contributed by atoms with Gasteiger partial charge in [0.1, 0.15) is 5.75 Å². The topological polar surface area (TPSA) is 64.6 Å². The van der Waals surface area contributed by atoms with E-state index in [9.17, 15) is 22.8 Å². The van der Waals surface area contributed by atoms with Crippen LogP contribution in [0.3, 0.4) is 0 Å². The zero-order valence-electron chi connectivity index (χ0n) is 14.0. The number of para-hydroxylation sites is 1. The molecular formula is C18H15ClF3NO4. The Morgan fingerprint density at radius 2 is 1.74 bits per heavy atom. The van der Waals surface area contributed by atoms with Crippen molar-refractivity contribution in [1.82, 2.24) is 0 Å². The van der Waals surface area contributed by atoms with E-state index >= 15 is 0 Å². The second-order valence-electron chi connectivity index (χ2n) is 5.41. The van der Waals surface area contributed by atoms with Crippen LogP contribution < -0.4 is 10.1 Å². The lowest BCUT2D eigenvalue weighted by Crippen LogP contribution is -2.32. The van der Waals surface area contributed by atoms with Gasteiger partial charge in [0, 0.05) is 5.02 Å². The Labute approximate surface area is 158 Å². The van der Waals surface area contributed by atoms with Gasteiger partial charge in [0.25, 0.3) is 5.91 Å². The molecule has 1 N–H and O–H groups in total. The molecule has 0 saturated carbocycles. The van der Waals surface area contributed by atoms with Crippen molar-refractivity contribution < 1.29 is 32.2 Å². The number of carbonyl (C=O) groups is 2. The van der Waals surface area contributed by atoms with Crippen LogP contribution >= 0.6 is 11.6 Å². The van der Waals surface area contributed by atoms with Crippen LogP contribution in [0.5, 0.6) is 5.75 Å². The van der Waals surface area contributed by atoms with Crippen molar-refractivity contribution in [1.29, 1.82) is 0 Å². The molecule has 0 radical (unpaired) electrons. The molecule has 0 aliphatic carbocycles. The summed E-state index contributed by atoms with van der Waals surface area (Å²) < 4.78 is 48.8. The molecule has 2 aromatic carbocycles. The van der Waals surface area contributed by atoms with E-state index in [-0.39, 0.29) is 0 Å². The lowest BCUT2D eigenvalue weighted by Gasteiger charge is -2.17. The molecule has 0 aromatic heterocycles. The lowest BCUT2D eigenvalue weighted by atomic mass is 10.1. The van der Waals surface area contributed by atoms with Crippen LogP contribution in [0.25, 0.3) is 0 Å². The summed E-state index contributed by atoms with van der Waals surface area (Å²) in [6, 6.07) is 10.7. The normalized spacial score (nSPS) is 12.2. The predicted molar refractivity (Wildman–Crippen MR) is 92.6 cm³/mol. The van der Waals surface area contributed by atoms with E-state index in [0.717, 1.165) is 12.1 Å². The molecule has 0 aliphatic heterocycles. The van der Waals surface area contributed by atoms with Crippen LogP contribution in [0.15, 0.2) is 48.5 Å². The van der Waals surface area contributed by atoms with Gasteiger partial charge in [-0.1, -0.05) is 23.7 Å². The molecule has 0 saturated heterocycles. The van der Waals surface area contributed by atoms with E-state index in [2.05, 4.69) is 5.32 Å². The van der Waals surface area contributed by atoms with Gasteiger partial charge in [0.2, 0.25) is 0 Å². The first-order chi connectivity index (χ1) is 12.7. The van der Waals surface area contributed by atoms with Crippen LogP contribution in [-0.2, 0) is 20.5 Å². The Bertz CT molecular complexity index is 809. The van der Waals surface area contributed by atoms with E-state index in [0.29, 0.717) is 10.8 Å². The number of halogens is 4. The zero-order chi connectivity index (χ0) is 20.0. The highest BCUT2D eigenvalue weighted by molar-refractivity contribution is 6.30. The molecule has 0 fully saturated rings. The minimum Gasteiger partial charge on any atom is -0.482 e. The van der Waals surface area contributed by atoms with Gasteiger partial charge in [-0.15, -0.1) is 0 Å². The quantitative estimate of drug-likeness (QED) is 0.733. The SMILES string of the molecule is CC(OC(=O)COc1ccc(Cl)cc1)C(=O)Nc1ccccc1C(F)(F)F. The van der Waals surface area contributed by atoms with Crippen molar-refractivity contribution in [3.8, 4) is 5.75 Å². The molecule has 0 aliphatic rings. The van der Waals surface area contributed by atoms with Gasteiger partial charge in [0.15, 0.2) is 12.7 Å². The van der Waals surface area contributed by atoms with Crippen LogP contribution in [0.2, 0.25) is 5.02 Å². The first kappa shape index (κ1) is 20.6. The van der Waals surface area contributed by atoms with Gasteiger partial charge in [-0.2, -0.15) is 13.2 Å². The Kier molecular flexibility index (Phi) is 6.68. The van der Waals surface area contributed by atoms with E-state index in [1.54, 1.807) is 24.3 Å². The van der Waals surface area contributed by atoms with Crippen molar-refractivity contribution in [2.24, 2.45) is 0 Å². The number of esters is 1. The highest BCUT2D eigenvalue weighted by atomic mass is 35.5. The van der Waals surface area contributed by atoms with E-state index < -0.39 is 42.0 Å². The molecule has 0 heterocycles. The summed E-state index contributed by atoms with van der Waals surface area (Å²) in [4.78, 5) is 23.8. The van der Waals surface area contributed by atoms with Crippen LogP contribution in [-0.4, -0.2) is 24.6 Å². The standard InChI is InChI=1S/C18H15ClF3NO4/c1-11(27-16(24)10-26-13-8-6-12(19)7-9-13)17(25)23-15-5-3-2-4-14(15)18(20,21)22/h2-9,11H,10H2,1H3,(H,23,25). The second kappa shape index (κ2) is 8.77. The number of rotatable bonds is 6. The number of benzene rings is 2. The van der Waals surface area contributed by atoms with Crippen LogP contribution in [0.4, 0.5) is 18.9 Å². The fraction of sp³-hybridized carbons (Fsp3) is 0.222. The number of anilines is 1. The number of ether oxygens (including phenoxy) is 2.